The summed E-state index contributed by atoms with van der Waals surface area (Å²) in [5.41, 5.74) is 1.65. The van der Waals surface area contributed by atoms with Crippen molar-refractivity contribution in [3.8, 4) is 17.3 Å². The Balaban J connectivity index is 2.18. The molecule has 2 heterocycles. The van der Waals surface area contributed by atoms with Crippen molar-refractivity contribution in [1.82, 2.24) is 15.1 Å². The third-order valence-electron chi connectivity index (χ3n) is 2.98. The van der Waals surface area contributed by atoms with Crippen LogP contribution >= 0.6 is 0 Å². The molecule has 1 aromatic carbocycles. The van der Waals surface area contributed by atoms with Crippen LogP contribution in [0.25, 0.3) is 22.3 Å². The molecule has 0 aliphatic rings. The van der Waals surface area contributed by atoms with Crippen LogP contribution in [-0.2, 0) is 6.42 Å². The van der Waals surface area contributed by atoms with Crippen LogP contribution in [0.4, 0.5) is 0 Å². The van der Waals surface area contributed by atoms with Gasteiger partial charge < -0.3 is 9.26 Å². The van der Waals surface area contributed by atoms with Crippen molar-refractivity contribution in [2.75, 3.05) is 6.61 Å². The topological polar surface area (TPSA) is 61.0 Å². The average Bonchev–Trinajstić information content (AvgIpc) is 2.95. The molecule has 0 N–H and O–H groups in total. The predicted octanol–water partition coefficient (Wildman–Crippen LogP) is 3.25. The molecule has 2 aromatic heterocycles. The first kappa shape index (κ1) is 12.6. The van der Waals surface area contributed by atoms with Crippen molar-refractivity contribution in [3.63, 3.8) is 0 Å². The summed E-state index contributed by atoms with van der Waals surface area (Å²) in [6.07, 6.45) is 0.706. The molecule has 0 radical (unpaired) electrons. The zero-order chi connectivity index (χ0) is 13.9. The van der Waals surface area contributed by atoms with Crippen LogP contribution in [0.2, 0.25) is 0 Å². The lowest BCUT2D eigenvalue weighted by molar-refractivity contribution is 0.329. The zero-order valence-corrected chi connectivity index (χ0v) is 11.5. The van der Waals surface area contributed by atoms with E-state index in [1.807, 2.05) is 44.2 Å². The minimum absolute atomic E-state index is 0.517. The lowest BCUT2D eigenvalue weighted by atomic mass is 10.1. The predicted molar refractivity (Wildman–Crippen MR) is 75.6 cm³/mol. The normalized spacial score (nSPS) is 10.9. The summed E-state index contributed by atoms with van der Waals surface area (Å²) in [5.74, 6) is 1.66. The summed E-state index contributed by atoms with van der Waals surface area (Å²) in [6, 6.07) is 9.87. The summed E-state index contributed by atoms with van der Waals surface area (Å²) in [4.78, 5) is 8.88. The molecule has 0 aliphatic carbocycles. The van der Waals surface area contributed by atoms with Crippen LogP contribution in [0.15, 0.2) is 34.9 Å². The highest BCUT2D eigenvalue weighted by molar-refractivity contribution is 5.84. The number of rotatable bonds is 4. The molecular formula is C15H15N3O2. The number of para-hydroxylation sites is 1. The van der Waals surface area contributed by atoms with E-state index in [1.54, 1.807) is 0 Å². The van der Waals surface area contributed by atoms with Crippen molar-refractivity contribution in [2.24, 2.45) is 0 Å². The Morgan fingerprint density at radius 2 is 2.00 bits per heavy atom. The van der Waals surface area contributed by atoms with E-state index < -0.39 is 0 Å². The first-order valence-corrected chi connectivity index (χ1v) is 6.67. The van der Waals surface area contributed by atoms with Crippen molar-refractivity contribution in [1.29, 1.82) is 0 Å². The molecule has 5 nitrogen and oxygen atoms in total. The summed E-state index contributed by atoms with van der Waals surface area (Å²) in [7, 11) is 0. The largest absolute Gasteiger partial charge is 0.477 e. The molecule has 20 heavy (non-hydrogen) atoms. The molecule has 0 aliphatic heterocycles. The quantitative estimate of drug-likeness (QED) is 0.727. The molecule has 0 atom stereocenters. The fourth-order valence-corrected chi connectivity index (χ4v) is 2.01. The fourth-order valence-electron chi connectivity index (χ4n) is 2.01. The van der Waals surface area contributed by atoms with Gasteiger partial charge in [-0.2, -0.15) is 4.98 Å². The Hall–Kier alpha value is -2.43. The van der Waals surface area contributed by atoms with Crippen molar-refractivity contribution in [2.45, 2.75) is 20.3 Å². The molecule has 0 fully saturated rings. The van der Waals surface area contributed by atoms with E-state index in [4.69, 9.17) is 9.26 Å². The van der Waals surface area contributed by atoms with Gasteiger partial charge in [0.25, 0.3) is 0 Å². The molecular weight excluding hydrogens is 254 g/mol. The number of pyridine rings is 1. The second-order valence-electron chi connectivity index (χ2n) is 4.33. The molecule has 0 bridgehead atoms. The van der Waals surface area contributed by atoms with Crippen LogP contribution < -0.4 is 4.74 Å². The Morgan fingerprint density at radius 1 is 1.15 bits per heavy atom. The maximum Gasteiger partial charge on any atom is 0.226 e. The van der Waals surface area contributed by atoms with Gasteiger partial charge in [-0.25, -0.2) is 4.98 Å². The minimum atomic E-state index is 0.517. The molecule has 102 valence electrons. The van der Waals surface area contributed by atoms with Gasteiger partial charge in [0.2, 0.25) is 17.6 Å². The molecule has 0 unspecified atom stereocenters. The number of aromatic nitrogens is 3. The monoisotopic (exact) mass is 269 g/mol. The lowest BCUT2D eigenvalue weighted by Crippen LogP contribution is -1.98. The van der Waals surface area contributed by atoms with Crippen molar-refractivity contribution < 1.29 is 9.26 Å². The number of hydrogen-bond acceptors (Lipinski definition) is 5. The van der Waals surface area contributed by atoms with Crippen molar-refractivity contribution in [3.05, 3.63) is 36.2 Å². The maximum atomic E-state index is 5.61. The lowest BCUT2D eigenvalue weighted by Gasteiger charge is -2.08. The molecule has 0 spiro atoms. The van der Waals surface area contributed by atoms with Crippen LogP contribution in [-0.4, -0.2) is 21.7 Å². The third kappa shape index (κ3) is 2.22. The highest BCUT2D eigenvalue weighted by atomic mass is 16.5. The maximum absolute atomic E-state index is 5.61. The van der Waals surface area contributed by atoms with E-state index in [0.717, 1.165) is 16.5 Å². The Bertz CT molecular complexity index is 737. The Morgan fingerprint density at radius 3 is 2.75 bits per heavy atom. The summed E-state index contributed by atoms with van der Waals surface area (Å²) in [5, 5.41) is 5.02. The SMILES string of the molecule is CCOc1nc2ccccc2cc1-c1noc(CC)n1. The van der Waals surface area contributed by atoms with Crippen LogP contribution in [0.3, 0.4) is 0 Å². The molecule has 0 amide bonds. The zero-order valence-electron chi connectivity index (χ0n) is 11.5. The van der Waals surface area contributed by atoms with E-state index in [9.17, 15) is 0 Å². The Labute approximate surface area is 116 Å². The van der Waals surface area contributed by atoms with E-state index in [2.05, 4.69) is 15.1 Å². The van der Waals surface area contributed by atoms with Gasteiger partial charge in [0, 0.05) is 11.8 Å². The number of benzene rings is 1. The van der Waals surface area contributed by atoms with Gasteiger partial charge in [-0.1, -0.05) is 30.3 Å². The van der Waals surface area contributed by atoms with Gasteiger partial charge in [0.1, 0.15) is 0 Å². The molecule has 0 saturated heterocycles. The van der Waals surface area contributed by atoms with E-state index in [-0.39, 0.29) is 0 Å². The number of hydrogen-bond donors (Lipinski definition) is 0. The number of nitrogens with zero attached hydrogens (tertiary/aromatic N) is 3. The first-order chi connectivity index (χ1) is 9.81. The highest BCUT2D eigenvalue weighted by Crippen LogP contribution is 2.29. The molecule has 0 saturated carbocycles. The van der Waals surface area contributed by atoms with E-state index in [0.29, 0.717) is 30.6 Å². The first-order valence-electron chi connectivity index (χ1n) is 6.67. The van der Waals surface area contributed by atoms with Gasteiger partial charge >= 0.3 is 0 Å². The van der Waals surface area contributed by atoms with E-state index >= 15 is 0 Å². The van der Waals surface area contributed by atoms with Gasteiger partial charge in [-0.05, 0) is 19.1 Å². The third-order valence-corrected chi connectivity index (χ3v) is 2.98. The minimum Gasteiger partial charge on any atom is -0.477 e. The smallest absolute Gasteiger partial charge is 0.226 e. The van der Waals surface area contributed by atoms with Gasteiger partial charge in [-0.3, -0.25) is 0 Å². The van der Waals surface area contributed by atoms with E-state index in [1.165, 1.54) is 0 Å². The molecule has 3 rings (SSSR count). The second kappa shape index (κ2) is 5.28. The number of fused-ring (bicyclic) bond motifs is 1. The van der Waals surface area contributed by atoms with Crippen molar-refractivity contribution >= 4 is 10.9 Å². The standard InChI is InChI=1S/C15H15N3O2/c1-3-13-17-14(18-20-13)11-9-10-7-5-6-8-12(10)16-15(11)19-4-2/h5-9H,3-4H2,1-2H3. The number of aryl methyl sites for hydroxylation is 1. The van der Waals surface area contributed by atoms with Gasteiger partial charge in [0.05, 0.1) is 17.7 Å². The van der Waals surface area contributed by atoms with Gasteiger partial charge in [0.15, 0.2) is 0 Å². The summed E-state index contributed by atoms with van der Waals surface area (Å²) >= 11 is 0. The molecule has 3 aromatic rings. The fraction of sp³-hybridized carbons (Fsp3) is 0.267. The Kier molecular flexibility index (Phi) is 3.33. The summed E-state index contributed by atoms with van der Waals surface area (Å²) in [6.45, 7) is 4.44. The second-order valence-corrected chi connectivity index (χ2v) is 4.33. The van der Waals surface area contributed by atoms with Crippen LogP contribution in [0.5, 0.6) is 5.88 Å². The van der Waals surface area contributed by atoms with Crippen LogP contribution in [0, 0.1) is 0 Å². The average molecular weight is 269 g/mol. The molecule has 5 heteroatoms. The summed E-state index contributed by atoms with van der Waals surface area (Å²) < 4.78 is 10.8. The van der Waals surface area contributed by atoms with Crippen LogP contribution in [0.1, 0.15) is 19.7 Å². The number of ether oxygens (including phenoxy) is 1. The highest BCUT2D eigenvalue weighted by Gasteiger charge is 2.15. The van der Waals surface area contributed by atoms with Gasteiger partial charge in [-0.15, -0.1) is 0 Å².